The Morgan fingerprint density at radius 1 is 1.22 bits per heavy atom. The van der Waals surface area contributed by atoms with Crippen LogP contribution in [0.5, 0.6) is 0 Å². The second kappa shape index (κ2) is 4.93. The van der Waals surface area contributed by atoms with Crippen LogP contribution in [0.2, 0.25) is 0 Å². The van der Waals surface area contributed by atoms with Gasteiger partial charge in [0.1, 0.15) is 0 Å². The molecule has 1 heterocycles. The Labute approximate surface area is 110 Å². The van der Waals surface area contributed by atoms with Gasteiger partial charge >= 0.3 is 0 Å². The maximum atomic E-state index is 3.73. The Morgan fingerprint density at radius 3 is 2.78 bits per heavy atom. The van der Waals surface area contributed by atoms with Gasteiger partial charge in [0.05, 0.1) is 0 Å². The summed E-state index contributed by atoms with van der Waals surface area (Å²) in [5.74, 6) is 0.941. The summed E-state index contributed by atoms with van der Waals surface area (Å²) in [6.07, 6.45) is 4.12. The number of nitrogens with zero attached hydrogens (tertiary/aromatic N) is 1. The highest BCUT2D eigenvalue weighted by Crippen LogP contribution is 2.34. The molecule has 1 aliphatic heterocycles. The van der Waals surface area contributed by atoms with Gasteiger partial charge in [-0.15, -0.1) is 0 Å². The molecule has 1 aliphatic carbocycles. The molecule has 2 nitrogen and oxygen atoms in total. The Balaban J connectivity index is 1.80. The first-order valence-corrected chi connectivity index (χ1v) is 7.29. The molecule has 1 atom stereocenters. The third kappa shape index (κ3) is 2.54. The molecule has 1 saturated carbocycles. The van der Waals surface area contributed by atoms with Crippen molar-refractivity contribution in [3.63, 3.8) is 0 Å². The lowest BCUT2D eigenvalue weighted by molar-refractivity contribution is 0.490. The first-order valence-electron chi connectivity index (χ1n) is 7.29. The summed E-state index contributed by atoms with van der Waals surface area (Å²) in [5.41, 5.74) is 4.23. The molecule has 0 amide bonds. The Kier molecular flexibility index (Phi) is 3.29. The molecule has 1 aromatic rings. The molecule has 2 aliphatic rings. The van der Waals surface area contributed by atoms with Crippen LogP contribution in [-0.4, -0.2) is 25.7 Å². The van der Waals surface area contributed by atoms with Crippen molar-refractivity contribution in [2.75, 3.05) is 24.5 Å². The third-order valence-electron chi connectivity index (χ3n) is 4.31. The number of benzene rings is 1. The molecular weight excluding hydrogens is 220 g/mol. The van der Waals surface area contributed by atoms with E-state index in [0.29, 0.717) is 6.04 Å². The first kappa shape index (κ1) is 12.0. The molecule has 0 spiro atoms. The highest BCUT2D eigenvalue weighted by Gasteiger charge is 2.33. The average molecular weight is 244 g/mol. The average Bonchev–Trinajstić information content (AvgIpc) is 3.15. The molecule has 1 saturated heterocycles. The van der Waals surface area contributed by atoms with Crippen LogP contribution in [0, 0.1) is 19.8 Å². The van der Waals surface area contributed by atoms with Crippen LogP contribution in [-0.2, 0) is 0 Å². The zero-order valence-corrected chi connectivity index (χ0v) is 11.6. The van der Waals surface area contributed by atoms with Gasteiger partial charge in [-0.3, -0.25) is 0 Å². The smallest absolute Gasteiger partial charge is 0.0396 e. The SMILES string of the molecule is Cc1ccc(N2CCCNC(C3CC3)C2)c(C)c1. The minimum atomic E-state index is 0.716. The highest BCUT2D eigenvalue weighted by molar-refractivity contribution is 5.54. The summed E-state index contributed by atoms with van der Waals surface area (Å²) in [4.78, 5) is 2.60. The van der Waals surface area contributed by atoms with Crippen molar-refractivity contribution in [1.29, 1.82) is 0 Å². The fourth-order valence-corrected chi connectivity index (χ4v) is 3.14. The van der Waals surface area contributed by atoms with Crippen molar-refractivity contribution >= 4 is 5.69 Å². The number of hydrogen-bond acceptors (Lipinski definition) is 2. The van der Waals surface area contributed by atoms with Gasteiger partial charge in [-0.2, -0.15) is 0 Å². The second-order valence-electron chi connectivity index (χ2n) is 5.99. The lowest BCUT2D eigenvalue weighted by Crippen LogP contribution is -2.39. The van der Waals surface area contributed by atoms with Crippen molar-refractivity contribution in [3.8, 4) is 0 Å². The summed E-state index contributed by atoms with van der Waals surface area (Å²) in [5, 5.41) is 3.73. The third-order valence-corrected chi connectivity index (χ3v) is 4.31. The number of hydrogen-bond donors (Lipinski definition) is 1. The predicted molar refractivity (Wildman–Crippen MR) is 77.3 cm³/mol. The molecular formula is C16H24N2. The summed E-state index contributed by atoms with van der Waals surface area (Å²) >= 11 is 0. The normalized spacial score (nSPS) is 25.0. The van der Waals surface area contributed by atoms with Crippen LogP contribution in [0.1, 0.15) is 30.4 Å². The fraction of sp³-hybridized carbons (Fsp3) is 0.625. The second-order valence-corrected chi connectivity index (χ2v) is 5.99. The molecule has 0 bridgehead atoms. The highest BCUT2D eigenvalue weighted by atomic mass is 15.2. The van der Waals surface area contributed by atoms with E-state index in [0.717, 1.165) is 5.92 Å². The summed E-state index contributed by atoms with van der Waals surface area (Å²) < 4.78 is 0. The first-order chi connectivity index (χ1) is 8.74. The molecule has 2 fully saturated rings. The van der Waals surface area contributed by atoms with E-state index in [1.807, 2.05) is 0 Å². The van der Waals surface area contributed by atoms with E-state index in [4.69, 9.17) is 0 Å². The molecule has 1 unspecified atom stereocenters. The van der Waals surface area contributed by atoms with Crippen LogP contribution >= 0.6 is 0 Å². The van der Waals surface area contributed by atoms with Crippen LogP contribution in [0.25, 0.3) is 0 Å². The van der Waals surface area contributed by atoms with Gasteiger partial charge in [0.25, 0.3) is 0 Å². The van der Waals surface area contributed by atoms with Crippen LogP contribution in [0.3, 0.4) is 0 Å². The van der Waals surface area contributed by atoms with Gasteiger partial charge in [0, 0.05) is 24.8 Å². The maximum absolute atomic E-state index is 3.73. The van der Waals surface area contributed by atoms with Gasteiger partial charge in [-0.25, -0.2) is 0 Å². The monoisotopic (exact) mass is 244 g/mol. The van der Waals surface area contributed by atoms with E-state index in [9.17, 15) is 0 Å². The largest absolute Gasteiger partial charge is 0.370 e. The molecule has 0 radical (unpaired) electrons. The van der Waals surface area contributed by atoms with Gasteiger partial charge in [0.15, 0.2) is 0 Å². The zero-order chi connectivity index (χ0) is 12.5. The summed E-state index contributed by atoms with van der Waals surface area (Å²) in [7, 11) is 0. The van der Waals surface area contributed by atoms with Crippen molar-refractivity contribution in [2.45, 2.75) is 39.2 Å². The number of nitrogens with one attached hydrogen (secondary N) is 1. The summed E-state index contributed by atoms with van der Waals surface area (Å²) in [6.45, 7) is 7.98. The molecule has 0 aromatic heterocycles. The molecule has 18 heavy (non-hydrogen) atoms. The lowest BCUT2D eigenvalue weighted by Gasteiger charge is -2.28. The van der Waals surface area contributed by atoms with Gasteiger partial charge in [0.2, 0.25) is 0 Å². The number of aryl methyl sites for hydroxylation is 2. The number of anilines is 1. The van der Waals surface area contributed by atoms with Gasteiger partial charge in [-0.1, -0.05) is 17.7 Å². The summed E-state index contributed by atoms with van der Waals surface area (Å²) in [6, 6.07) is 7.57. The Bertz CT molecular complexity index is 423. The van der Waals surface area contributed by atoms with Gasteiger partial charge in [-0.05, 0) is 57.2 Å². The lowest BCUT2D eigenvalue weighted by atomic mass is 10.1. The predicted octanol–water partition coefficient (Wildman–Crippen LogP) is 2.88. The van der Waals surface area contributed by atoms with Crippen LogP contribution in [0.4, 0.5) is 5.69 Å². The minimum Gasteiger partial charge on any atom is -0.370 e. The van der Waals surface area contributed by atoms with Crippen molar-refractivity contribution in [2.24, 2.45) is 5.92 Å². The van der Waals surface area contributed by atoms with Gasteiger partial charge < -0.3 is 10.2 Å². The van der Waals surface area contributed by atoms with E-state index < -0.39 is 0 Å². The van der Waals surface area contributed by atoms with Crippen molar-refractivity contribution in [3.05, 3.63) is 29.3 Å². The molecule has 1 N–H and O–H groups in total. The molecule has 1 aromatic carbocycles. The van der Waals surface area contributed by atoms with Crippen molar-refractivity contribution < 1.29 is 0 Å². The molecule has 3 rings (SSSR count). The standard InChI is InChI=1S/C16H24N2/c1-12-4-7-16(13(2)10-12)18-9-3-8-17-15(11-18)14-5-6-14/h4,7,10,14-15,17H,3,5-6,8-9,11H2,1-2H3. The Morgan fingerprint density at radius 2 is 2.06 bits per heavy atom. The maximum Gasteiger partial charge on any atom is 0.0396 e. The van der Waals surface area contributed by atoms with E-state index in [1.165, 1.54) is 55.7 Å². The van der Waals surface area contributed by atoms with E-state index in [1.54, 1.807) is 0 Å². The van der Waals surface area contributed by atoms with Crippen molar-refractivity contribution in [1.82, 2.24) is 5.32 Å². The van der Waals surface area contributed by atoms with E-state index in [2.05, 4.69) is 42.3 Å². The Hall–Kier alpha value is -1.02. The van der Waals surface area contributed by atoms with Crippen LogP contribution < -0.4 is 10.2 Å². The minimum absolute atomic E-state index is 0.716. The van der Waals surface area contributed by atoms with E-state index in [-0.39, 0.29) is 0 Å². The molecule has 2 heteroatoms. The molecule has 98 valence electrons. The quantitative estimate of drug-likeness (QED) is 0.860. The number of rotatable bonds is 2. The fourth-order valence-electron chi connectivity index (χ4n) is 3.14. The van der Waals surface area contributed by atoms with Crippen LogP contribution in [0.15, 0.2) is 18.2 Å². The zero-order valence-electron chi connectivity index (χ0n) is 11.6. The van der Waals surface area contributed by atoms with E-state index >= 15 is 0 Å². The topological polar surface area (TPSA) is 15.3 Å².